The van der Waals surface area contributed by atoms with E-state index in [1.165, 1.54) is 7.11 Å². The summed E-state index contributed by atoms with van der Waals surface area (Å²) in [6.45, 7) is 0.355. The average Bonchev–Trinajstić information content (AvgIpc) is 3.33. The minimum atomic E-state index is -4.60. The Labute approximate surface area is 217 Å². The molecule has 0 radical (unpaired) electrons. The van der Waals surface area contributed by atoms with Crippen LogP contribution < -0.4 is 5.32 Å². The van der Waals surface area contributed by atoms with Crippen LogP contribution in [0.25, 0.3) is 21.8 Å². The van der Waals surface area contributed by atoms with Crippen LogP contribution in [-0.4, -0.2) is 28.5 Å². The summed E-state index contributed by atoms with van der Waals surface area (Å²) in [6, 6.07) is 13.1. The van der Waals surface area contributed by atoms with Gasteiger partial charge in [0.05, 0.1) is 35.2 Å². The number of methoxy groups -OCH3 is 1. The normalized spacial score (nSPS) is 16.0. The Hall–Kier alpha value is -4.14. The molecular formula is C29H26F3N3O3. The van der Waals surface area contributed by atoms with Crippen LogP contribution in [-0.2, 0) is 22.3 Å². The number of amides is 1. The maximum atomic E-state index is 13.7. The summed E-state index contributed by atoms with van der Waals surface area (Å²) in [7, 11) is 1.36. The van der Waals surface area contributed by atoms with Crippen molar-refractivity contribution in [2.45, 2.75) is 38.4 Å². The Kier molecular flexibility index (Phi) is 6.93. The van der Waals surface area contributed by atoms with E-state index in [1.807, 2.05) is 30.3 Å². The topological polar surface area (TPSA) is 73.2 Å². The standard InChI is InChI=1S/C29H26F3N3O3/c1-38-28(37)19-9-7-18(8-10-19)16-34-27(36)24-15-22(29(30,31)32)14-20-11-13-35(26(20)24)17-21-4-2-6-25-23(21)5-3-12-33-25/h2-6,11-16,19H,7-10,17H2,1H3,(H,34,36). The molecule has 0 atom stereocenters. The Bertz CT molecular complexity index is 1540. The van der Waals surface area contributed by atoms with E-state index in [9.17, 15) is 22.8 Å². The van der Waals surface area contributed by atoms with Gasteiger partial charge in [0, 0.05) is 35.9 Å². The van der Waals surface area contributed by atoms with Crippen molar-refractivity contribution in [3.8, 4) is 0 Å². The fraction of sp³-hybridized carbons (Fsp3) is 0.276. The third kappa shape index (κ3) is 5.14. The lowest BCUT2D eigenvalue weighted by Crippen LogP contribution is -2.23. The molecule has 1 saturated carbocycles. The SMILES string of the molecule is COC(=O)C1CCC(=CNC(=O)c2cc(C(F)(F)F)cc3ccn(Cc4cccc5ncccc45)c23)CC1. The highest BCUT2D eigenvalue weighted by Gasteiger charge is 2.33. The molecule has 1 aliphatic rings. The number of allylic oxidation sites excluding steroid dienone is 1. The number of halogens is 3. The third-order valence-electron chi connectivity index (χ3n) is 7.08. The van der Waals surface area contributed by atoms with E-state index in [0.29, 0.717) is 43.1 Å². The molecule has 0 unspecified atom stereocenters. The van der Waals surface area contributed by atoms with Gasteiger partial charge in [-0.3, -0.25) is 14.6 Å². The van der Waals surface area contributed by atoms with E-state index in [1.54, 1.807) is 29.2 Å². The first-order valence-corrected chi connectivity index (χ1v) is 12.3. The zero-order valence-electron chi connectivity index (χ0n) is 20.7. The molecule has 0 bridgehead atoms. The predicted octanol–water partition coefficient (Wildman–Crippen LogP) is 6.23. The van der Waals surface area contributed by atoms with E-state index in [-0.39, 0.29) is 17.5 Å². The van der Waals surface area contributed by atoms with Gasteiger partial charge < -0.3 is 14.6 Å². The third-order valence-corrected chi connectivity index (χ3v) is 7.08. The first-order chi connectivity index (χ1) is 18.2. The predicted molar refractivity (Wildman–Crippen MR) is 137 cm³/mol. The molecule has 1 N–H and O–H groups in total. The molecule has 5 rings (SSSR count). The van der Waals surface area contributed by atoms with Crippen molar-refractivity contribution >= 4 is 33.7 Å². The number of aromatic nitrogens is 2. The second-order valence-corrected chi connectivity index (χ2v) is 9.46. The lowest BCUT2D eigenvalue weighted by molar-refractivity contribution is -0.146. The van der Waals surface area contributed by atoms with Gasteiger partial charge in [0.1, 0.15) is 0 Å². The van der Waals surface area contributed by atoms with Crippen molar-refractivity contribution in [1.29, 1.82) is 0 Å². The molecule has 2 aromatic heterocycles. The zero-order valence-corrected chi connectivity index (χ0v) is 20.7. The number of carbonyl (C=O) groups excluding carboxylic acids is 2. The van der Waals surface area contributed by atoms with Gasteiger partial charge in [0.2, 0.25) is 0 Å². The maximum absolute atomic E-state index is 13.7. The van der Waals surface area contributed by atoms with Gasteiger partial charge in [-0.05, 0) is 61.6 Å². The number of nitrogens with zero attached hydrogens (tertiary/aromatic N) is 2. The Morgan fingerprint density at radius 3 is 2.66 bits per heavy atom. The molecule has 0 saturated heterocycles. The minimum absolute atomic E-state index is 0.0571. The lowest BCUT2D eigenvalue weighted by Gasteiger charge is -2.21. The van der Waals surface area contributed by atoms with Gasteiger partial charge in [0.25, 0.3) is 5.91 Å². The number of ether oxygens (including phenoxy) is 1. The van der Waals surface area contributed by atoms with Gasteiger partial charge in [-0.1, -0.05) is 23.8 Å². The van der Waals surface area contributed by atoms with Crippen molar-refractivity contribution < 1.29 is 27.5 Å². The summed E-state index contributed by atoms with van der Waals surface area (Å²) in [5.74, 6) is -1.05. The highest BCUT2D eigenvalue weighted by Crippen LogP contribution is 2.35. The average molecular weight is 522 g/mol. The van der Waals surface area contributed by atoms with Crippen LogP contribution in [0.1, 0.15) is 47.2 Å². The molecule has 0 aliphatic heterocycles. The van der Waals surface area contributed by atoms with Crippen LogP contribution in [0.3, 0.4) is 0 Å². The largest absolute Gasteiger partial charge is 0.469 e. The van der Waals surface area contributed by atoms with Gasteiger partial charge >= 0.3 is 12.1 Å². The van der Waals surface area contributed by atoms with Crippen molar-refractivity contribution in [1.82, 2.24) is 14.9 Å². The molecule has 6 nitrogen and oxygen atoms in total. The van der Waals surface area contributed by atoms with Gasteiger partial charge in [-0.2, -0.15) is 13.2 Å². The highest BCUT2D eigenvalue weighted by molar-refractivity contribution is 6.07. The van der Waals surface area contributed by atoms with Crippen LogP contribution in [0.2, 0.25) is 0 Å². The Balaban J connectivity index is 1.48. The number of hydrogen-bond acceptors (Lipinski definition) is 4. The number of benzene rings is 2. The number of pyridine rings is 1. The molecule has 1 fully saturated rings. The Morgan fingerprint density at radius 1 is 1.13 bits per heavy atom. The zero-order chi connectivity index (χ0) is 26.9. The smallest absolute Gasteiger partial charge is 0.416 e. The van der Waals surface area contributed by atoms with Crippen LogP contribution in [0.15, 0.2) is 72.7 Å². The lowest BCUT2D eigenvalue weighted by atomic mass is 9.86. The monoisotopic (exact) mass is 521 g/mol. The van der Waals surface area contributed by atoms with Crippen molar-refractivity contribution in [3.05, 3.63) is 89.4 Å². The quantitative estimate of drug-likeness (QED) is 0.316. The van der Waals surface area contributed by atoms with Crippen molar-refractivity contribution in [3.63, 3.8) is 0 Å². The van der Waals surface area contributed by atoms with E-state index in [4.69, 9.17) is 4.74 Å². The molecular weight excluding hydrogens is 495 g/mol. The fourth-order valence-electron chi connectivity index (χ4n) is 5.09. The number of esters is 1. The first-order valence-electron chi connectivity index (χ1n) is 12.3. The molecule has 1 aliphatic carbocycles. The number of alkyl halides is 3. The summed E-state index contributed by atoms with van der Waals surface area (Å²) in [5, 5.41) is 3.96. The van der Waals surface area contributed by atoms with Gasteiger partial charge in [-0.25, -0.2) is 0 Å². The molecule has 9 heteroatoms. The van der Waals surface area contributed by atoms with E-state index in [0.717, 1.165) is 34.2 Å². The van der Waals surface area contributed by atoms with Crippen molar-refractivity contribution in [2.24, 2.45) is 5.92 Å². The maximum Gasteiger partial charge on any atom is 0.416 e. The summed E-state index contributed by atoms with van der Waals surface area (Å²) in [6.07, 6.45) is 2.77. The summed E-state index contributed by atoms with van der Waals surface area (Å²) < 4.78 is 47.7. The highest BCUT2D eigenvalue weighted by atomic mass is 19.4. The number of hydrogen-bond donors (Lipinski definition) is 1. The second kappa shape index (κ2) is 10.3. The van der Waals surface area contributed by atoms with Crippen LogP contribution in [0.5, 0.6) is 0 Å². The number of fused-ring (bicyclic) bond motifs is 2. The molecule has 196 valence electrons. The first kappa shape index (κ1) is 25.5. The van der Waals surface area contributed by atoms with Gasteiger partial charge in [-0.15, -0.1) is 0 Å². The Morgan fingerprint density at radius 2 is 1.92 bits per heavy atom. The van der Waals surface area contributed by atoms with Gasteiger partial charge in [0.15, 0.2) is 0 Å². The second-order valence-electron chi connectivity index (χ2n) is 9.46. The van der Waals surface area contributed by atoms with Crippen LogP contribution in [0.4, 0.5) is 13.2 Å². The van der Waals surface area contributed by atoms with E-state index < -0.39 is 17.6 Å². The summed E-state index contributed by atoms with van der Waals surface area (Å²) >= 11 is 0. The molecule has 1 amide bonds. The summed E-state index contributed by atoms with van der Waals surface area (Å²) in [4.78, 5) is 29.4. The molecule has 4 aromatic rings. The van der Waals surface area contributed by atoms with E-state index >= 15 is 0 Å². The van der Waals surface area contributed by atoms with E-state index in [2.05, 4.69) is 10.3 Å². The summed E-state index contributed by atoms with van der Waals surface area (Å²) in [5.41, 5.74) is 2.16. The number of rotatable bonds is 5. The molecule has 0 spiro atoms. The number of carbonyl (C=O) groups is 2. The fourth-order valence-corrected chi connectivity index (χ4v) is 5.09. The minimum Gasteiger partial charge on any atom is -0.469 e. The molecule has 2 aromatic carbocycles. The van der Waals surface area contributed by atoms with Crippen LogP contribution in [0, 0.1) is 5.92 Å². The number of nitrogens with one attached hydrogen (secondary N) is 1. The van der Waals surface area contributed by atoms with Crippen LogP contribution >= 0.6 is 0 Å². The van der Waals surface area contributed by atoms with Crippen molar-refractivity contribution in [2.75, 3.05) is 7.11 Å². The molecule has 2 heterocycles. The molecule has 38 heavy (non-hydrogen) atoms.